The lowest BCUT2D eigenvalue weighted by atomic mass is 9.81. The highest BCUT2D eigenvalue weighted by Crippen LogP contribution is 2.36. The smallest absolute Gasteiger partial charge is 0.332 e. The summed E-state index contributed by atoms with van der Waals surface area (Å²) in [4.78, 5) is 12.8. The Morgan fingerprint density at radius 2 is 1.64 bits per heavy atom. The van der Waals surface area contributed by atoms with Crippen LogP contribution in [0.3, 0.4) is 0 Å². The van der Waals surface area contributed by atoms with Gasteiger partial charge in [-0.3, -0.25) is 4.79 Å². The molecule has 0 amide bonds. The molecule has 4 aliphatic carbocycles. The van der Waals surface area contributed by atoms with E-state index < -0.39 is 18.2 Å². The van der Waals surface area contributed by atoms with Crippen molar-refractivity contribution in [1.29, 1.82) is 0 Å². The van der Waals surface area contributed by atoms with Gasteiger partial charge in [-0.2, -0.15) is 0 Å². The van der Waals surface area contributed by atoms with Crippen molar-refractivity contribution >= 4 is 5.78 Å². The minimum Gasteiger partial charge on any atom is -0.359 e. The van der Waals surface area contributed by atoms with Gasteiger partial charge in [-0.1, -0.05) is 72.4 Å². The van der Waals surface area contributed by atoms with Crippen molar-refractivity contribution < 1.29 is 30.3 Å². The molecular weight excluding hydrogens is 420 g/mol. The Balaban J connectivity index is 1.35. The number of hydrogen-bond acceptors (Lipinski definition) is 6. The predicted molar refractivity (Wildman–Crippen MR) is 124 cm³/mol. The zero-order valence-electron chi connectivity index (χ0n) is 18.2. The summed E-state index contributed by atoms with van der Waals surface area (Å²) in [6, 6.07) is 0. The van der Waals surface area contributed by atoms with Gasteiger partial charge in [0.15, 0.2) is 5.78 Å². The lowest BCUT2D eigenvalue weighted by molar-refractivity contribution is -0.447. The number of rotatable bonds is 8. The van der Waals surface area contributed by atoms with E-state index in [1.165, 1.54) is 0 Å². The van der Waals surface area contributed by atoms with Crippen LogP contribution in [0.4, 0.5) is 0 Å². The number of aliphatic hydroxyl groups is 5. The monoisotopic (exact) mass is 448 g/mol. The number of carbonyl (C=O) groups excluding carboxylic acids is 1. The lowest BCUT2D eigenvalue weighted by Gasteiger charge is -2.30. The van der Waals surface area contributed by atoms with Gasteiger partial charge in [-0.15, -0.1) is 0 Å². The molecule has 0 heterocycles. The van der Waals surface area contributed by atoms with Gasteiger partial charge in [-0.05, 0) is 41.7 Å². The molecule has 0 aromatic carbocycles. The molecular formula is C27H28O6. The Bertz CT molecular complexity index is 1110. The van der Waals surface area contributed by atoms with E-state index in [-0.39, 0.29) is 24.0 Å². The first-order chi connectivity index (χ1) is 15.5. The van der Waals surface area contributed by atoms with E-state index in [4.69, 9.17) is 15.3 Å². The summed E-state index contributed by atoms with van der Waals surface area (Å²) >= 11 is 0. The average molecular weight is 449 g/mol. The van der Waals surface area contributed by atoms with Crippen molar-refractivity contribution in [3.05, 3.63) is 107 Å². The van der Waals surface area contributed by atoms with Crippen molar-refractivity contribution in [1.82, 2.24) is 0 Å². The number of ketones is 1. The first-order valence-corrected chi connectivity index (χ1v) is 11.0. The van der Waals surface area contributed by atoms with E-state index in [9.17, 15) is 15.0 Å². The second-order valence-electron chi connectivity index (χ2n) is 8.90. The Morgan fingerprint density at radius 1 is 0.879 bits per heavy atom. The molecule has 0 saturated heterocycles. The summed E-state index contributed by atoms with van der Waals surface area (Å²) < 4.78 is 0. The quantitative estimate of drug-likeness (QED) is 0.364. The van der Waals surface area contributed by atoms with E-state index in [2.05, 4.69) is 24.8 Å². The third-order valence-electron chi connectivity index (χ3n) is 6.40. The Morgan fingerprint density at radius 3 is 2.39 bits per heavy atom. The predicted octanol–water partition coefficient (Wildman–Crippen LogP) is 2.57. The summed E-state index contributed by atoms with van der Waals surface area (Å²) in [5, 5.41) is 46.3. The van der Waals surface area contributed by atoms with Crippen LogP contribution in [0, 0.1) is 11.8 Å². The van der Waals surface area contributed by atoms with Gasteiger partial charge in [0, 0.05) is 30.3 Å². The molecule has 6 nitrogen and oxygen atoms in total. The van der Waals surface area contributed by atoms with Crippen LogP contribution in [-0.4, -0.2) is 43.1 Å². The zero-order valence-corrected chi connectivity index (χ0v) is 18.2. The Hall–Kier alpha value is -2.87. The fraction of sp³-hybridized carbons (Fsp3) is 0.296. The molecule has 4 rings (SSSR count). The van der Waals surface area contributed by atoms with Crippen LogP contribution in [0.15, 0.2) is 107 Å². The average Bonchev–Trinajstić information content (AvgIpc) is 3.17. The Kier molecular flexibility index (Phi) is 6.22. The van der Waals surface area contributed by atoms with Crippen LogP contribution in [0.2, 0.25) is 0 Å². The molecule has 0 radical (unpaired) electrons. The highest BCUT2D eigenvalue weighted by atomic mass is 16.7. The minimum absolute atomic E-state index is 0.0136. The molecule has 0 aliphatic heterocycles. The normalized spacial score (nSPS) is 23.9. The molecule has 2 unspecified atom stereocenters. The SMILES string of the molecule is C=C1C=C(C(=O)CCC2=CC3C=C(CCC(O)(O)C(O)(O)O)C=CC3=C2)C=C2C=CC=CC12. The number of allylic oxidation sites excluding steroid dienone is 17. The molecule has 0 spiro atoms. The number of carbonyl (C=O) groups is 1. The molecule has 0 saturated carbocycles. The molecule has 2 atom stereocenters. The van der Waals surface area contributed by atoms with Gasteiger partial charge in [0.05, 0.1) is 0 Å². The van der Waals surface area contributed by atoms with Gasteiger partial charge in [-0.25, -0.2) is 0 Å². The van der Waals surface area contributed by atoms with E-state index in [1.807, 2.05) is 48.6 Å². The lowest BCUT2D eigenvalue weighted by Crippen LogP contribution is -2.54. The molecule has 6 heteroatoms. The highest BCUT2D eigenvalue weighted by molar-refractivity contribution is 5.99. The fourth-order valence-corrected chi connectivity index (χ4v) is 4.39. The van der Waals surface area contributed by atoms with Crippen LogP contribution >= 0.6 is 0 Å². The van der Waals surface area contributed by atoms with Crippen LogP contribution in [0.5, 0.6) is 0 Å². The van der Waals surface area contributed by atoms with E-state index in [0.29, 0.717) is 18.4 Å². The van der Waals surface area contributed by atoms with Gasteiger partial charge >= 0.3 is 5.97 Å². The van der Waals surface area contributed by atoms with Crippen LogP contribution in [0.25, 0.3) is 0 Å². The topological polar surface area (TPSA) is 118 Å². The highest BCUT2D eigenvalue weighted by Gasteiger charge is 2.45. The van der Waals surface area contributed by atoms with Gasteiger partial charge < -0.3 is 25.5 Å². The maximum Gasteiger partial charge on any atom is 0.332 e. The van der Waals surface area contributed by atoms with Crippen molar-refractivity contribution in [2.75, 3.05) is 0 Å². The molecule has 0 fully saturated rings. The zero-order chi connectivity index (χ0) is 23.8. The number of fused-ring (bicyclic) bond motifs is 2. The van der Waals surface area contributed by atoms with Gasteiger partial charge in [0.25, 0.3) is 0 Å². The number of hydrogen-bond donors (Lipinski definition) is 5. The summed E-state index contributed by atoms with van der Waals surface area (Å²) in [6.07, 6.45) is 22.4. The number of Topliss-reactive ketones (excluding diaryl/α,β-unsaturated/α-hetero) is 1. The first-order valence-electron chi connectivity index (χ1n) is 11.0. The largest absolute Gasteiger partial charge is 0.359 e. The Labute approximate surface area is 192 Å². The third-order valence-corrected chi connectivity index (χ3v) is 6.40. The van der Waals surface area contributed by atoms with Gasteiger partial charge in [0.1, 0.15) is 0 Å². The van der Waals surface area contributed by atoms with Crippen LogP contribution < -0.4 is 0 Å². The molecule has 5 N–H and O–H groups in total. The van der Waals surface area contributed by atoms with Crippen LogP contribution in [0.1, 0.15) is 25.7 Å². The second kappa shape index (κ2) is 8.82. The summed E-state index contributed by atoms with van der Waals surface area (Å²) in [7, 11) is 0. The van der Waals surface area contributed by atoms with E-state index >= 15 is 0 Å². The molecule has 33 heavy (non-hydrogen) atoms. The van der Waals surface area contributed by atoms with E-state index in [1.54, 1.807) is 0 Å². The second-order valence-corrected chi connectivity index (χ2v) is 8.90. The van der Waals surface area contributed by atoms with Crippen LogP contribution in [-0.2, 0) is 4.79 Å². The molecule has 4 aliphatic rings. The minimum atomic E-state index is -3.59. The summed E-state index contributed by atoms with van der Waals surface area (Å²) in [5.41, 5.74) is 5.61. The van der Waals surface area contributed by atoms with Crippen molar-refractivity contribution in [3.63, 3.8) is 0 Å². The molecule has 0 aromatic rings. The van der Waals surface area contributed by atoms with Gasteiger partial charge in [0.2, 0.25) is 5.79 Å². The fourth-order valence-electron chi connectivity index (χ4n) is 4.39. The van der Waals surface area contributed by atoms with Crippen molar-refractivity contribution in [2.45, 2.75) is 37.4 Å². The molecule has 0 bridgehead atoms. The summed E-state index contributed by atoms with van der Waals surface area (Å²) in [6.45, 7) is 4.11. The first kappa shape index (κ1) is 23.3. The maximum atomic E-state index is 12.8. The third kappa shape index (κ3) is 5.05. The standard InChI is InChI=1S/C27H28O6/c1-17-12-23(16-21-4-2-3-5-24(17)21)25(28)9-7-19-14-20-8-6-18(13-22(20)15-19)10-11-26(29,30)27(31,32)33/h2-6,8,12-16,22,24,29-33H,1,7,9-11H2. The summed E-state index contributed by atoms with van der Waals surface area (Å²) in [5.74, 6) is -6.39. The van der Waals surface area contributed by atoms with Crippen molar-refractivity contribution in [2.24, 2.45) is 11.8 Å². The molecule has 172 valence electrons. The van der Waals surface area contributed by atoms with Crippen molar-refractivity contribution in [3.8, 4) is 0 Å². The molecule has 0 aromatic heterocycles. The van der Waals surface area contributed by atoms with E-state index in [0.717, 1.165) is 27.9 Å². The maximum absolute atomic E-state index is 12.8.